The van der Waals surface area contributed by atoms with Crippen molar-refractivity contribution >= 4 is 11.9 Å². The average molecular weight is 263 g/mol. The van der Waals surface area contributed by atoms with E-state index in [1.807, 2.05) is 44.2 Å². The number of hydrogen-bond donors (Lipinski definition) is 1. The zero-order valence-electron chi connectivity index (χ0n) is 11.5. The van der Waals surface area contributed by atoms with Gasteiger partial charge in [0.05, 0.1) is 0 Å². The molecule has 104 valence electrons. The van der Waals surface area contributed by atoms with Crippen molar-refractivity contribution in [2.75, 3.05) is 6.54 Å². The molecule has 4 nitrogen and oxygen atoms in total. The number of rotatable bonds is 7. The quantitative estimate of drug-likeness (QED) is 0.768. The lowest BCUT2D eigenvalue weighted by Gasteiger charge is -2.12. The van der Waals surface area contributed by atoms with Gasteiger partial charge in [-0.15, -0.1) is 0 Å². The lowest BCUT2D eigenvalue weighted by Crippen LogP contribution is -2.34. The fraction of sp³-hybridized carbons (Fsp3) is 0.467. The molecule has 4 heteroatoms. The summed E-state index contributed by atoms with van der Waals surface area (Å²) in [6.45, 7) is 4.09. The number of carbonyl (C=O) groups excluding carboxylic acids is 2. The van der Waals surface area contributed by atoms with E-state index in [4.69, 9.17) is 4.74 Å². The van der Waals surface area contributed by atoms with E-state index in [0.717, 1.165) is 18.4 Å². The molecule has 0 aliphatic heterocycles. The number of hydrogen-bond acceptors (Lipinski definition) is 3. The average Bonchev–Trinajstić information content (AvgIpc) is 2.45. The van der Waals surface area contributed by atoms with E-state index in [1.165, 1.54) is 0 Å². The van der Waals surface area contributed by atoms with Gasteiger partial charge in [0.25, 0.3) is 0 Å². The van der Waals surface area contributed by atoms with Crippen LogP contribution in [0.1, 0.15) is 32.3 Å². The molecule has 0 aromatic heterocycles. The molecule has 0 aliphatic carbocycles. The minimum Gasteiger partial charge on any atom is -0.460 e. The lowest BCUT2D eigenvalue weighted by atomic mass is 10.0. The standard InChI is InChI=1S/C15H21NO3/c1-3-13(4-2)15(18)16-10-14(17)19-11-12-8-6-5-7-9-12/h5-9,13H,3-4,10-11H2,1-2H3,(H,16,18). The van der Waals surface area contributed by atoms with Crippen LogP contribution in [0, 0.1) is 5.92 Å². The SMILES string of the molecule is CCC(CC)C(=O)NCC(=O)OCc1ccccc1. The Morgan fingerprint density at radius 3 is 2.37 bits per heavy atom. The Balaban J connectivity index is 2.26. The second-order valence-electron chi connectivity index (χ2n) is 4.38. The summed E-state index contributed by atoms with van der Waals surface area (Å²) in [6, 6.07) is 9.45. The fourth-order valence-corrected chi connectivity index (χ4v) is 1.75. The first-order chi connectivity index (χ1) is 9.17. The number of amides is 1. The van der Waals surface area contributed by atoms with Crippen molar-refractivity contribution in [3.8, 4) is 0 Å². The first-order valence-electron chi connectivity index (χ1n) is 6.64. The van der Waals surface area contributed by atoms with Gasteiger partial charge in [0.2, 0.25) is 5.91 Å². The Labute approximate surface area is 114 Å². The van der Waals surface area contributed by atoms with Crippen LogP contribution >= 0.6 is 0 Å². The number of carbonyl (C=O) groups is 2. The topological polar surface area (TPSA) is 55.4 Å². The van der Waals surface area contributed by atoms with Gasteiger partial charge in [0.15, 0.2) is 0 Å². The molecule has 0 spiro atoms. The highest BCUT2D eigenvalue weighted by molar-refractivity contribution is 5.83. The van der Waals surface area contributed by atoms with Crippen molar-refractivity contribution in [3.05, 3.63) is 35.9 Å². The van der Waals surface area contributed by atoms with E-state index in [0.29, 0.717) is 0 Å². The van der Waals surface area contributed by atoms with Crippen LogP contribution in [0.25, 0.3) is 0 Å². The number of ether oxygens (including phenoxy) is 1. The molecule has 0 bridgehead atoms. The Morgan fingerprint density at radius 2 is 1.79 bits per heavy atom. The maximum atomic E-state index is 11.7. The monoisotopic (exact) mass is 263 g/mol. The number of esters is 1. The summed E-state index contributed by atoms with van der Waals surface area (Å²) in [5.74, 6) is -0.522. The Kier molecular flexibility index (Phi) is 6.64. The van der Waals surface area contributed by atoms with Crippen LogP contribution < -0.4 is 5.32 Å². The smallest absolute Gasteiger partial charge is 0.325 e. The number of benzene rings is 1. The van der Waals surface area contributed by atoms with Gasteiger partial charge in [-0.3, -0.25) is 9.59 Å². The van der Waals surface area contributed by atoms with Crippen LogP contribution in [0.2, 0.25) is 0 Å². The third kappa shape index (κ3) is 5.55. The van der Waals surface area contributed by atoms with Gasteiger partial charge in [0.1, 0.15) is 13.2 Å². The normalized spacial score (nSPS) is 10.3. The van der Waals surface area contributed by atoms with Crippen LogP contribution in [0.4, 0.5) is 0 Å². The van der Waals surface area contributed by atoms with E-state index in [9.17, 15) is 9.59 Å². The second kappa shape index (κ2) is 8.29. The molecule has 0 heterocycles. The molecule has 0 saturated carbocycles. The molecule has 1 aromatic carbocycles. The molecule has 1 aromatic rings. The summed E-state index contributed by atoms with van der Waals surface area (Å²) in [7, 11) is 0. The van der Waals surface area contributed by atoms with Crippen molar-refractivity contribution in [1.29, 1.82) is 0 Å². The molecular formula is C15H21NO3. The third-order valence-corrected chi connectivity index (χ3v) is 3.01. The molecule has 0 atom stereocenters. The largest absolute Gasteiger partial charge is 0.460 e. The highest BCUT2D eigenvalue weighted by Gasteiger charge is 2.15. The molecule has 19 heavy (non-hydrogen) atoms. The molecular weight excluding hydrogens is 242 g/mol. The Morgan fingerprint density at radius 1 is 1.16 bits per heavy atom. The number of nitrogens with one attached hydrogen (secondary N) is 1. The maximum Gasteiger partial charge on any atom is 0.325 e. The molecule has 0 unspecified atom stereocenters. The van der Waals surface area contributed by atoms with E-state index in [2.05, 4.69) is 5.32 Å². The van der Waals surface area contributed by atoms with Crippen molar-refractivity contribution in [3.63, 3.8) is 0 Å². The molecule has 0 saturated heterocycles. The maximum absolute atomic E-state index is 11.7. The van der Waals surface area contributed by atoms with Gasteiger partial charge in [0, 0.05) is 5.92 Å². The minimum absolute atomic E-state index is 0.0260. The van der Waals surface area contributed by atoms with Crippen molar-refractivity contribution in [2.45, 2.75) is 33.3 Å². The molecule has 0 fully saturated rings. The van der Waals surface area contributed by atoms with E-state index >= 15 is 0 Å². The van der Waals surface area contributed by atoms with Crippen LogP contribution in [-0.4, -0.2) is 18.4 Å². The van der Waals surface area contributed by atoms with E-state index in [-0.39, 0.29) is 25.0 Å². The van der Waals surface area contributed by atoms with Gasteiger partial charge in [-0.05, 0) is 18.4 Å². The van der Waals surface area contributed by atoms with Gasteiger partial charge in [-0.2, -0.15) is 0 Å². The highest BCUT2D eigenvalue weighted by Crippen LogP contribution is 2.06. The highest BCUT2D eigenvalue weighted by atomic mass is 16.5. The van der Waals surface area contributed by atoms with Crippen molar-refractivity contribution < 1.29 is 14.3 Å². The van der Waals surface area contributed by atoms with Crippen LogP contribution in [0.5, 0.6) is 0 Å². The molecule has 1 rings (SSSR count). The minimum atomic E-state index is -0.414. The summed E-state index contributed by atoms with van der Waals surface area (Å²) < 4.78 is 5.07. The first-order valence-corrected chi connectivity index (χ1v) is 6.64. The summed E-state index contributed by atoms with van der Waals surface area (Å²) in [5, 5.41) is 2.61. The van der Waals surface area contributed by atoms with Gasteiger partial charge >= 0.3 is 5.97 Å². The predicted octanol–water partition coefficient (Wildman–Crippen LogP) is 2.28. The summed E-state index contributed by atoms with van der Waals surface area (Å²) >= 11 is 0. The van der Waals surface area contributed by atoms with Crippen LogP contribution in [-0.2, 0) is 20.9 Å². The van der Waals surface area contributed by atoms with Crippen molar-refractivity contribution in [1.82, 2.24) is 5.32 Å². The van der Waals surface area contributed by atoms with Gasteiger partial charge < -0.3 is 10.1 Å². The van der Waals surface area contributed by atoms with Crippen LogP contribution in [0.15, 0.2) is 30.3 Å². The summed E-state index contributed by atoms with van der Waals surface area (Å²) in [4.78, 5) is 23.1. The Bertz CT molecular complexity index is 399. The fourth-order valence-electron chi connectivity index (χ4n) is 1.75. The predicted molar refractivity (Wildman–Crippen MR) is 73.3 cm³/mol. The third-order valence-electron chi connectivity index (χ3n) is 3.01. The molecule has 0 aliphatic rings. The summed E-state index contributed by atoms with van der Waals surface area (Å²) in [6.07, 6.45) is 1.56. The zero-order chi connectivity index (χ0) is 14.1. The van der Waals surface area contributed by atoms with Crippen LogP contribution in [0.3, 0.4) is 0 Å². The second-order valence-corrected chi connectivity index (χ2v) is 4.38. The lowest BCUT2D eigenvalue weighted by molar-refractivity contribution is -0.145. The first kappa shape index (κ1) is 15.2. The molecule has 1 amide bonds. The summed E-state index contributed by atoms with van der Waals surface area (Å²) in [5.41, 5.74) is 0.933. The van der Waals surface area contributed by atoms with Crippen molar-refractivity contribution in [2.24, 2.45) is 5.92 Å². The van der Waals surface area contributed by atoms with E-state index in [1.54, 1.807) is 0 Å². The molecule has 0 radical (unpaired) electrons. The van der Waals surface area contributed by atoms with E-state index < -0.39 is 5.97 Å². The van der Waals surface area contributed by atoms with Gasteiger partial charge in [-0.25, -0.2) is 0 Å². The molecule has 1 N–H and O–H groups in total. The van der Waals surface area contributed by atoms with Gasteiger partial charge in [-0.1, -0.05) is 44.2 Å². The zero-order valence-corrected chi connectivity index (χ0v) is 11.5. The Hall–Kier alpha value is -1.84.